The number of nitro groups is 1. The van der Waals surface area contributed by atoms with E-state index in [0.717, 1.165) is 22.2 Å². The Morgan fingerprint density at radius 3 is 2.75 bits per heavy atom. The Hall–Kier alpha value is -4.84. The minimum absolute atomic E-state index is 0.0276. The zero-order valence-electron chi connectivity index (χ0n) is 20.2. The van der Waals surface area contributed by atoms with Gasteiger partial charge >= 0.3 is 0 Å². The first-order valence-corrected chi connectivity index (χ1v) is 11.3. The summed E-state index contributed by atoms with van der Waals surface area (Å²) in [5, 5.41) is 24.9. The van der Waals surface area contributed by atoms with Crippen molar-refractivity contribution in [1.29, 1.82) is 5.26 Å². The zero-order valence-corrected chi connectivity index (χ0v) is 20.2. The number of rotatable bonds is 8. The van der Waals surface area contributed by atoms with Gasteiger partial charge in [-0.25, -0.2) is 0 Å². The fraction of sp³-hybridized carbons (Fsp3) is 0.185. The first kappa shape index (κ1) is 24.3. The van der Waals surface area contributed by atoms with Crippen LogP contribution in [-0.2, 0) is 11.2 Å². The van der Waals surface area contributed by atoms with Crippen molar-refractivity contribution in [3.05, 3.63) is 92.9 Å². The highest BCUT2D eigenvalue weighted by atomic mass is 16.6. The number of nitriles is 1. The summed E-state index contributed by atoms with van der Waals surface area (Å²) in [5.74, 6) is 0.00327. The quantitative estimate of drug-likeness (QED) is 0.162. The highest BCUT2D eigenvalue weighted by molar-refractivity contribution is 6.01. The van der Waals surface area contributed by atoms with E-state index in [1.807, 2.05) is 61.0 Å². The number of non-ortho nitro benzene ring substituents is 1. The summed E-state index contributed by atoms with van der Waals surface area (Å²) in [6, 6.07) is 16.1. The van der Waals surface area contributed by atoms with Gasteiger partial charge in [0.1, 0.15) is 17.4 Å². The van der Waals surface area contributed by atoms with Crippen molar-refractivity contribution in [1.82, 2.24) is 14.9 Å². The van der Waals surface area contributed by atoms with E-state index in [-0.39, 0.29) is 11.3 Å². The Kier molecular flexibility index (Phi) is 6.88. The van der Waals surface area contributed by atoms with E-state index in [0.29, 0.717) is 35.7 Å². The van der Waals surface area contributed by atoms with Crippen molar-refractivity contribution < 1.29 is 14.5 Å². The molecule has 0 aliphatic rings. The molecule has 0 fully saturated rings. The zero-order chi connectivity index (χ0) is 25.8. The lowest BCUT2D eigenvalue weighted by Gasteiger charge is -2.14. The molecule has 0 saturated carbocycles. The maximum Gasteiger partial charge on any atom is 0.271 e. The van der Waals surface area contributed by atoms with Crippen LogP contribution in [0.25, 0.3) is 22.7 Å². The summed E-state index contributed by atoms with van der Waals surface area (Å²) < 4.78 is 7.23. The molecule has 1 amide bonds. The third-order valence-electron chi connectivity index (χ3n) is 6.10. The molecular weight excluding hydrogens is 458 g/mol. The second kappa shape index (κ2) is 10.2. The van der Waals surface area contributed by atoms with Crippen molar-refractivity contribution in [2.75, 3.05) is 13.7 Å². The Morgan fingerprint density at radius 1 is 1.25 bits per heavy atom. The van der Waals surface area contributed by atoms with Gasteiger partial charge in [0.25, 0.3) is 11.6 Å². The number of aromatic nitrogens is 2. The highest BCUT2D eigenvalue weighted by Crippen LogP contribution is 2.32. The number of nitrogens with zero attached hydrogens (tertiary/aromatic N) is 3. The van der Waals surface area contributed by atoms with E-state index in [1.165, 1.54) is 25.3 Å². The fourth-order valence-electron chi connectivity index (χ4n) is 4.32. The fourth-order valence-corrected chi connectivity index (χ4v) is 4.32. The monoisotopic (exact) mass is 483 g/mol. The van der Waals surface area contributed by atoms with Crippen LogP contribution in [0.2, 0.25) is 0 Å². The summed E-state index contributed by atoms with van der Waals surface area (Å²) >= 11 is 0. The lowest BCUT2D eigenvalue weighted by atomic mass is 10.1. The van der Waals surface area contributed by atoms with Crippen LogP contribution in [0.3, 0.4) is 0 Å². The number of methoxy groups -OCH3 is 1. The Morgan fingerprint density at radius 2 is 2.03 bits per heavy atom. The number of hydrogen-bond acceptors (Lipinski definition) is 5. The van der Waals surface area contributed by atoms with Gasteiger partial charge in [0.2, 0.25) is 0 Å². The second-order valence-electron chi connectivity index (χ2n) is 8.31. The number of fused-ring (bicyclic) bond motifs is 1. The molecule has 2 aromatic carbocycles. The van der Waals surface area contributed by atoms with E-state index in [4.69, 9.17) is 4.74 Å². The van der Waals surface area contributed by atoms with E-state index >= 15 is 0 Å². The van der Waals surface area contributed by atoms with Crippen molar-refractivity contribution >= 4 is 28.6 Å². The highest BCUT2D eigenvalue weighted by Gasteiger charge is 2.18. The molecule has 0 bridgehead atoms. The molecule has 0 unspecified atom stereocenters. The third kappa shape index (κ3) is 4.70. The number of aryl methyl sites for hydroxylation is 1. The molecule has 0 aliphatic carbocycles. The summed E-state index contributed by atoms with van der Waals surface area (Å²) in [7, 11) is 1.49. The molecule has 0 atom stereocenters. The van der Waals surface area contributed by atoms with Gasteiger partial charge in [-0.15, -0.1) is 0 Å². The number of amides is 1. The smallest absolute Gasteiger partial charge is 0.271 e. The van der Waals surface area contributed by atoms with Gasteiger partial charge in [0, 0.05) is 47.2 Å². The molecule has 4 aromatic rings. The molecular formula is C27H25N5O4. The number of aromatic amines is 1. The molecule has 2 heterocycles. The van der Waals surface area contributed by atoms with Gasteiger partial charge in [-0.1, -0.05) is 18.2 Å². The van der Waals surface area contributed by atoms with E-state index < -0.39 is 10.8 Å². The molecule has 0 saturated heterocycles. The van der Waals surface area contributed by atoms with Crippen molar-refractivity contribution in [2.24, 2.45) is 0 Å². The van der Waals surface area contributed by atoms with E-state index in [2.05, 4.69) is 10.3 Å². The Bertz CT molecular complexity index is 1540. The summed E-state index contributed by atoms with van der Waals surface area (Å²) in [4.78, 5) is 26.8. The average molecular weight is 484 g/mol. The third-order valence-corrected chi connectivity index (χ3v) is 6.10. The Labute approximate surface area is 207 Å². The minimum Gasteiger partial charge on any atom is -0.495 e. The summed E-state index contributed by atoms with van der Waals surface area (Å²) in [5.41, 5.74) is 4.67. The molecule has 9 heteroatoms. The van der Waals surface area contributed by atoms with Gasteiger partial charge in [-0.2, -0.15) is 5.26 Å². The number of carbonyl (C=O) groups is 1. The number of nitro benzene ring substituents is 1. The standard InChI is InChI=1S/C27H25N5O4/c1-17-12-20(18(2)31(17)25-14-22(32(34)35)8-9-26(25)36-3)13-21(15-28)27(33)29-11-10-19-16-30-24-7-5-4-6-23(19)24/h4-9,12-14,16,30H,10-11H2,1-3H3,(H,29,33). The maximum atomic E-state index is 12.8. The predicted molar refractivity (Wildman–Crippen MR) is 137 cm³/mol. The van der Waals surface area contributed by atoms with Gasteiger partial charge in [0.15, 0.2) is 0 Å². The van der Waals surface area contributed by atoms with Crippen LogP contribution >= 0.6 is 0 Å². The van der Waals surface area contributed by atoms with Gasteiger partial charge in [-0.05, 0) is 55.7 Å². The first-order chi connectivity index (χ1) is 17.3. The van der Waals surface area contributed by atoms with Crippen LogP contribution < -0.4 is 10.1 Å². The molecule has 0 radical (unpaired) electrons. The molecule has 0 spiro atoms. The lowest BCUT2D eigenvalue weighted by Crippen LogP contribution is -2.26. The molecule has 182 valence electrons. The Balaban J connectivity index is 1.56. The predicted octanol–water partition coefficient (Wildman–Crippen LogP) is 4.76. The van der Waals surface area contributed by atoms with Gasteiger partial charge in [0.05, 0.1) is 17.7 Å². The topological polar surface area (TPSA) is 126 Å². The molecule has 36 heavy (non-hydrogen) atoms. The van der Waals surface area contributed by atoms with Crippen LogP contribution in [0.4, 0.5) is 5.69 Å². The maximum absolute atomic E-state index is 12.8. The molecule has 2 N–H and O–H groups in total. The minimum atomic E-state index is -0.466. The van der Waals surface area contributed by atoms with E-state index in [1.54, 1.807) is 6.07 Å². The van der Waals surface area contributed by atoms with Crippen molar-refractivity contribution in [2.45, 2.75) is 20.3 Å². The number of nitrogens with one attached hydrogen (secondary N) is 2. The molecule has 9 nitrogen and oxygen atoms in total. The van der Waals surface area contributed by atoms with Crippen LogP contribution in [0.1, 0.15) is 22.5 Å². The average Bonchev–Trinajstić information content (AvgIpc) is 3.41. The number of para-hydroxylation sites is 1. The number of ether oxygens (including phenoxy) is 1. The van der Waals surface area contributed by atoms with Gasteiger partial charge in [-0.3, -0.25) is 14.9 Å². The molecule has 0 aliphatic heterocycles. The summed E-state index contributed by atoms with van der Waals surface area (Å²) in [6.45, 7) is 4.04. The lowest BCUT2D eigenvalue weighted by molar-refractivity contribution is -0.384. The second-order valence-corrected chi connectivity index (χ2v) is 8.31. The molecule has 4 rings (SSSR count). The van der Waals surface area contributed by atoms with E-state index in [9.17, 15) is 20.2 Å². The number of hydrogen-bond donors (Lipinski definition) is 2. The number of H-pyrrole nitrogens is 1. The first-order valence-electron chi connectivity index (χ1n) is 11.3. The van der Waals surface area contributed by atoms with Crippen LogP contribution in [0, 0.1) is 35.3 Å². The summed E-state index contributed by atoms with van der Waals surface area (Å²) in [6.07, 6.45) is 4.08. The van der Waals surface area contributed by atoms with Crippen LogP contribution in [0.5, 0.6) is 5.75 Å². The molecule has 2 aromatic heterocycles. The number of benzene rings is 2. The largest absolute Gasteiger partial charge is 0.495 e. The number of carbonyl (C=O) groups excluding carboxylic acids is 1. The van der Waals surface area contributed by atoms with Crippen molar-refractivity contribution in [3.8, 4) is 17.5 Å². The van der Waals surface area contributed by atoms with Crippen molar-refractivity contribution in [3.63, 3.8) is 0 Å². The van der Waals surface area contributed by atoms with Crippen LogP contribution in [0.15, 0.2) is 60.3 Å². The normalized spacial score (nSPS) is 11.3. The van der Waals surface area contributed by atoms with Gasteiger partial charge < -0.3 is 19.6 Å². The SMILES string of the molecule is COc1ccc([N+](=O)[O-])cc1-n1c(C)cc(C=C(C#N)C(=O)NCCc2c[nH]c3ccccc23)c1C. The van der Waals surface area contributed by atoms with Crippen LogP contribution in [-0.4, -0.2) is 34.0 Å².